The van der Waals surface area contributed by atoms with Crippen LogP contribution in [0.5, 0.6) is 5.75 Å². The van der Waals surface area contributed by atoms with Crippen molar-refractivity contribution in [1.29, 1.82) is 0 Å². The summed E-state index contributed by atoms with van der Waals surface area (Å²) < 4.78 is 7.43. The fourth-order valence-corrected chi connectivity index (χ4v) is 2.34. The van der Waals surface area contributed by atoms with Crippen LogP contribution in [0, 0.1) is 0 Å². The highest BCUT2D eigenvalue weighted by molar-refractivity contribution is 6.30. The van der Waals surface area contributed by atoms with Crippen LogP contribution in [0.2, 0.25) is 5.02 Å². The zero-order chi connectivity index (χ0) is 12.9. The molecule has 0 bridgehead atoms. The number of halogens is 1. The highest BCUT2D eigenvalue weighted by atomic mass is 35.5. The fourth-order valence-electron chi connectivity index (χ4n) is 2.17. The molecule has 92 valence electrons. The Morgan fingerprint density at radius 2 is 2.22 bits per heavy atom. The second kappa shape index (κ2) is 3.53. The largest absolute Gasteiger partial charge is 0.478 e. The molecule has 0 aliphatic carbocycles. The van der Waals surface area contributed by atoms with E-state index in [9.17, 15) is 9.90 Å². The molecule has 1 aromatic heterocycles. The van der Waals surface area contributed by atoms with Gasteiger partial charge in [0, 0.05) is 11.2 Å². The predicted molar refractivity (Wildman–Crippen MR) is 66.4 cm³/mol. The van der Waals surface area contributed by atoms with Crippen LogP contribution in [0.3, 0.4) is 0 Å². The van der Waals surface area contributed by atoms with E-state index in [1.54, 1.807) is 48.0 Å². The summed E-state index contributed by atoms with van der Waals surface area (Å²) in [6.07, 6.45) is 1.80. The van der Waals surface area contributed by atoms with Crippen LogP contribution in [-0.4, -0.2) is 15.6 Å². The number of benzene rings is 1. The minimum Gasteiger partial charge on any atom is -0.478 e. The first-order valence-corrected chi connectivity index (χ1v) is 5.80. The molecule has 1 aliphatic heterocycles. The second-order valence-corrected chi connectivity index (χ2v) is 4.75. The molecule has 5 heteroatoms. The fraction of sp³-hybridized carbons (Fsp3) is 0.154. The molecule has 4 nitrogen and oxygen atoms in total. The van der Waals surface area contributed by atoms with Crippen molar-refractivity contribution in [3.05, 3.63) is 47.2 Å². The van der Waals surface area contributed by atoms with Crippen molar-refractivity contribution < 1.29 is 14.6 Å². The number of aliphatic carboxylic acids is 1. The summed E-state index contributed by atoms with van der Waals surface area (Å²) in [5.41, 5.74) is -0.0596. The van der Waals surface area contributed by atoms with E-state index in [-0.39, 0.29) is 0 Å². The number of nitrogens with zero attached hydrogens (tertiary/aromatic N) is 1. The zero-order valence-corrected chi connectivity index (χ0v) is 10.3. The molecule has 0 fully saturated rings. The molecule has 0 saturated heterocycles. The van der Waals surface area contributed by atoms with Crippen LogP contribution >= 0.6 is 11.6 Å². The second-order valence-electron chi connectivity index (χ2n) is 4.32. The van der Waals surface area contributed by atoms with Crippen molar-refractivity contribution in [1.82, 2.24) is 4.57 Å². The van der Waals surface area contributed by atoms with E-state index in [0.29, 0.717) is 16.5 Å². The first-order valence-electron chi connectivity index (χ1n) is 5.42. The van der Waals surface area contributed by atoms with E-state index in [0.717, 1.165) is 5.69 Å². The molecule has 1 aliphatic rings. The van der Waals surface area contributed by atoms with Crippen molar-refractivity contribution in [2.45, 2.75) is 12.5 Å². The van der Waals surface area contributed by atoms with Crippen molar-refractivity contribution in [2.75, 3.05) is 0 Å². The standard InChI is InChI=1S/C13H10ClNO3/c1-13(12(16)17)11-3-2-6-15(11)9-7-8(14)4-5-10(9)18-13/h2-7H,1H3,(H,16,17). The van der Waals surface area contributed by atoms with Gasteiger partial charge in [-0.1, -0.05) is 11.6 Å². The summed E-state index contributed by atoms with van der Waals surface area (Å²) in [6, 6.07) is 8.63. The van der Waals surface area contributed by atoms with Gasteiger partial charge in [0.15, 0.2) is 0 Å². The summed E-state index contributed by atoms with van der Waals surface area (Å²) in [4.78, 5) is 11.4. The molecule has 0 radical (unpaired) electrons. The van der Waals surface area contributed by atoms with Gasteiger partial charge in [-0.05, 0) is 37.3 Å². The monoisotopic (exact) mass is 263 g/mol. The van der Waals surface area contributed by atoms with Gasteiger partial charge in [0.25, 0.3) is 0 Å². The van der Waals surface area contributed by atoms with Gasteiger partial charge in [-0.2, -0.15) is 0 Å². The summed E-state index contributed by atoms with van der Waals surface area (Å²) >= 11 is 5.96. The van der Waals surface area contributed by atoms with Crippen LogP contribution in [0.15, 0.2) is 36.5 Å². The van der Waals surface area contributed by atoms with Gasteiger partial charge < -0.3 is 14.4 Å². The number of carbonyl (C=O) groups is 1. The minimum atomic E-state index is -1.38. The zero-order valence-electron chi connectivity index (χ0n) is 9.55. The van der Waals surface area contributed by atoms with Crippen molar-refractivity contribution in [3.63, 3.8) is 0 Å². The Kier molecular flexibility index (Phi) is 2.19. The van der Waals surface area contributed by atoms with E-state index < -0.39 is 11.6 Å². The lowest BCUT2D eigenvalue weighted by atomic mass is 10.00. The average Bonchev–Trinajstić information content (AvgIpc) is 2.80. The molecule has 1 aromatic carbocycles. The third kappa shape index (κ3) is 1.36. The number of carboxylic acids is 1. The summed E-state index contributed by atoms with van der Waals surface area (Å²) in [7, 11) is 0. The molecule has 1 unspecified atom stereocenters. The third-order valence-corrected chi connectivity index (χ3v) is 3.38. The predicted octanol–water partition coefficient (Wildman–Crippen LogP) is 2.82. The van der Waals surface area contributed by atoms with Gasteiger partial charge in [0.2, 0.25) is 5.60 Å². The van der Waals surface area contributed by atoms with Crippen molar-refractivity contribution in [3.8, 4) is 11.4 Å². The lowest BCUT2D eigenvalue weighted by Crippen LogP contribution is -2.42. The van der Waals surface area contributed by atoms with E-state index in [1.807, 2.05) is 0 Å². The van der Waals surface area contributed by atoms with E-state index >= 15 is 0 Å². The maximum Gasteiger partial charge on any atom is 0.354 e. The molecular formula is C13H10ClNO3. The van der Waals surface area contributed by atoms with Gasteiger partial charge in [0.1, 0.15) is 5.75 Å². The number of fused-ring (bicyclic) bond motifs is 3. The van der Waals surface area contributed by atoms with Crippen molar-refractivity contribution in [2.24, 2.45) is 0 Å². The molecule has 1 atom stereocenters. The lowest BCUT2D eigenvalue weighted by Gasteiger charge is -2.33. The van der Waals surface area contributed by atoms with Gasteiger partial charge in [-0.3, -0.25) is 0 Å². The first-order chi connectivity index (χ1) is 8.52. The number of rotatable bonds is 1. The molecule has 1 N–H and O–H groups in total. The quantitative estimate of drug-likeness (QED) is 0.861. The van der Waals surface area contributed by atoms with Gasteiger partial charge >= 0.3 is 5.97 Å². The molecule has 0 spiro atoms. The van der Waals surface area contributed by atoms with Crippen LogP contribution in [-0.2, 0) is 10.4 Å². The first kappa shape index (κ1) is 11.2. The normalized spacial score (nSPS) is 20.8. The van der Waals surface area contributed by atoms with E-state index in [2.05, 4.69) is 0 Å². The number of ether oxygens (including phenoxy) is 1. The minimum absolute atomic E-state index is 0.507. The molecule has 3 rings (SSSR count). The Hall–Kier alpha value is -1.94. The average molecular weight is 264 g/mol. The summed E-state index contributed by atoms with van der Waals surface area (Å²) in [5.74, 6) is -0.518. The molecule has 18 heavy (non-hydrogen) atoms. The molecule has 0 saturated carbocycles. The Labute approximate surface area is 108 Å². The Morgan fingerprint density at radius 1 is 1.44 bits per heavy atom. The number of aromatic nitrogens is 1. The van der Waals surface area contributed by atoms with Crippen LogP contribution in [0.4, 0.5) is 0 Å². The number of hydrogen-bond acceptors (Lipinski definition) is 2. The van der Waals surface area contributed by atoms with Gasteiger partial charge in [0.05, 0.1) is 11.4 Å². The van der Waals surface area contributed by atoms with Crippen LogP contribution < -0.4 is 4.74 Å². The highest BCUT2D eigenvalue weighted by Crippen LogP contribution is 2.40. The van der Waals surface area contributed by atoms with E-state index in [4.69, 9.17) is 16.3 Å². The summed E-state index contributed by atoms with van der Waals surface area (Å²) in [5, 5.41) is 9.96. The van der Waals surface area contributed by atoms with E-state index in [1.165, 1.54) is 0 Å². The molecule has 0 amide bonds. The maximum atomic E-state index is 11.4. The van der Waals surface area contributed by atoms with Crippen molar-refractivity contribution >= 4 is 17.6 Å². The molecule has 2 heterocycles. The maximum absolute atomic E-state index is 11.4. The molecule has 2 aromatic rings. The van der Waals surface area contributed by atoms with Gasteiger partial charge in [-0.25, -0.2) is 4.79 Å². The Balaban J connectivity index is 2.29. The van der Waals surface area contributed by atoms with Crippen LogP contribution in [0.25, 0.3) is 5.69 Å². The van der Waals surface area contributed by atoms with Crippen LogP contribution in [0.1, 0.15) is 12.6 Å². The Morgan fingerprint density at radius 3 is 2.94 bits per heavy atom. The lowest BCUT2D eigenvalue weighted by molar-refractivity contribution is -0.155. The Bertz CT molecular complexity index is 649. The molecular weight excluding hydrogens is 254 g/mol. The summed E-state index contributed by atoms with van der Waals surface area (Å²) in [6.45, 7) is 1.54. The number of hydrogen-bond donors (Lipinski definition) is 1. The SMILES string of the molecule is CC1(C(=O)O)Oc2ccc(Cl)cc2-n2cccc21. The number of carboxylic acid groups (broad SMARTS) is 1. The topological polar surface area (TPSA) is 51.5 Å². The third-order valence-electron chi connectivity index (χ3n) is 3.14. The van der Waals surface area contributed by atoms with Gasteiger partial charge in [-0.15, -0.1) is 0 Å². The highest BCUT2D eigenvalue weighted by Gasteiger charge is 2.44. The smallest absolute Gasteiger partial charge is 0.354 e.